The minimum absolute atomic E-state index is 0. The van der Waals surface area contributed by atoms with Gasteiger partial charge < -0.3 is 19.8 Å². The summed E-state index contributed by atoms with van der Waals surface area (Å²) in [5, 5.41) is 20.1. The van der Waals surface area contributed by atoms with Crippen LogP contribution in [0.1, 0.15) is 28.1 Å². The molecule has 2 aromatic rings. The van der Waals surface area contributed by atoms with Crippen LogP contribution in [0.15, 0.2) is 60.7 Å². The fraction of sp³-hybridized carbons (Fsp3) is 0.0588. The number of carbonyl (C=O) groups excluding carboxylic acids is 4. The van der Waals surface area contributed by atoms with Gasteiger partial charge in [0, 0.05) is 11.1 Å². The molecule has 0 aliphatic heterocycles. The van der Waals surface area contributed by atoms with Crippen LogP contribution in [0.3, 0.4) is 0 Å². The molecule has 0 aliphatic rings. The zero-order chi connectivity index (χ0) is 16.5. The van der Waals surface area contributed by atoms with E-state index in [0.29, 0.717) is 0 Å². The third kappa shape index (κ3) is 7.66. The van der Waals surface area contributed by atoms with Gasteiger partial charge in [-0.05, 0) is 0 Å². The minimum Gasteiger partial charge on any atom is -0.541 e. The van der Waals surface area contributed by atoms with E-state index in [1.54, 1.807) is 36.4 Å². The van der Waals surface area contributed by atoms with Crippen molar-refractivity contribution in [3.05, 3.63) is 71.8 Å². The fourth-order valence-electron chi connectivity index (χ4n) is 1.41. The molecule has 0 unspecified atom stereocenters. The van der Waals surface area contributed by atoms with Crippen molar-refractivity contribution < 1.29 is 29.4 Å². The number of hydrogen-bond acceptors (Lipinski definition) is 6. The molecule has 120 valence electrons. The van der Waals surface area contributed by atoms with Crippen LogP contribution in [0.25, 0.3) is 0 Å². The number of hydrogen-bond donors (Lipinski definition) is 0. The summed E-state index contributed by atoms with van der Waals surface area (Å²) in [5.74, 6) is -5.30. The van der Waals surface area contributed by atoms with Crippen molar-refractivity contribution in [1.82, 2.24) is 0 Å². The van der Waals surface area contributed by atoms with E-state index in [4.69, 9.17) is 0 Å². The Labute approximate surface area is 155 Å². The van der Waals surface area contributed by atoms with Crippen molar-refractivity contribution in [2.24, 2.45) is 0 Å². The summed E-state index contributed by atoms with van der Waals surface area (Å²) in [7, 11) is 0. The van der Waals surface area contributed by atoms with Gasteiger partial charge in [0.25, 0.3) is 0 Å². The van der Waals surface area contributed by atoms with Gasteiger partial charge in [-0.15, -0.1) is 0 Å². The summed E-state index contributed by atoms with van der Waals surface area (Å²) in [6, 6.07) is 15.5. The van der Waals surface area contributed by atoms with E-state index in [2.05, 4.69) is 0 Å². The third-order valence-electron chi connectivity index (χ3n) is 2.44. The zero-order valence-corrected chi connectivity index (χ0v) is 13.3. The van der Waals surface area contributed by atoms with Crippen LogP contribution in [0.5, 0.6) is 0 Å². The van der Waals surface area contributed by atoms with E-state index in [-0.39, 0.29) is 41.6 Å². The Balaban J connectivity index is 0. The normalized spacial score (nSPS) is 8.33. The molecule has 24 heavy (non-hydrogen) atoms. The van der Waals surface area contributed by atoms with Gasteiger partial charge in [0.1, 0.15) is 11.9 Å². The first-order valence-corrected chi connectivity index (χ1v) is 6.05. The summed E-state index contributed by atoms with van der Waals surface area (Å²) in [6.07, 6.45) is 0. The van der Waals surface area contributed by atoms with Gasteiger partial charge in [-0.25, -0.2) is 0 Å². The molecule has 0 heterocycles. The third-order valence-corrected chi connectivity index (χ3v) is 2.44. The molecule has 2 aromatic carbocycles. The summed E-state index contributed by atoms with van der Waals surface area (Å²) in [4.78, 5) is 41.4. The molecule has 0 radical (unpaired) electrons. The second-order valence-corrected chi connectivity index (χ2v) is 3.97. The summed E-state index contributed by atoms with van der Waals surface area (Å²) in [6.45, 7) is 0. The van der Waals surface area contributed by atoms with E-state index in [0.717, 1.165) is 0 Å². The van der Waals surface area contributed by atoms with E-state index >= 15 is 0 Å². The van der Waals surface area contributed by atoms with Crippen LogP contribution < -0.4 is 10.2 Å². The quantitative estimate of drug-likeness (QED) is 0.421. The maximum atomic E-state index is 10.7. The van der Waals surface area contributed by atoms with Crippen LogP contribution in [-0.2, 0) is 9.59 Å². The predicted molar refractivity (Wildman–Crippen MR) is 84.0 cm³/mol. The maximum Gasteiger partial charge on any atom is 2.00 e. The Hall–Kier alpha value is -2.51. The van der Waals surface area contributed by atoms with E-state index < -0.39 is 23.5 Å². The number of carbonyl (C=O) groups is 4. The van der Waals surface area contributed by atoms with Gasteiger partial charge in [-0.2, -0.15) is 0 Å². The zero-order valence-electron chi connectivity index (χ0n) is 11.9. The first kappa shape index (κ1) is 23.7. The Bertz CT molecular complexity index is 621. The molecule has 0 saturated heterocycles. The van der Waals surface area contributed by atoms with Crippen LogP contribution >= 0.6 is 0 Å². The van der Waals surface area contributed by atoms with Crippen molar-refractivity contribution >= 4 is 46.6 Å². The van der Waals surface area contributed by atoms with Gasteiger partial charge >= 0.3 is 23.1 Å². The largest absolute Gasteiger partial charge is 2.00 e. The van der Waals surface area contributed by atoms with Crippen LogP contribution in [0, 0.1) is 0 Å². The molecule has 0 spiro atoms. The average molecular weight is 339 g/mol. The fourth-order valence-corrected chi connectivity index (χ4v) is 1.41. The number of benzene rings is 2. The van der Waals surface area contributed by atoms with Crippen molar-refractivity contribution in [1.29, 1.82) is 0 Å². The molecule has 2 rings (SSSR count). The van der Waals surface area contributed by atoms with Crippen LogP contribution in [0.2, 0.25) is 0 Å². The molecule has 0 N–H and O–H groups in total. The Kier molecular flexibility index (Phi) is 11.9. The first-order valence-electron chi connectivity index (χ1n) is 6.05. The van der Waals surface area contributed by atoms with E-state index in [9.17, 15) is 29.4 Å². The topological polar surface area (TPSA) is 114 Å². The molecule has 0 bridgehead atoms. The number of ketones is 2. The first-order chi connectivity index (χ1) is 10.4. The number of carboxylic acids is 2. The Morgan fingerprint density at radius 1 is 0.583 bits per heavy atom. The van der Waals surface area contributed by atoms with Crippen molar-refractivity contribution in [3.8, 4) is 0 Å². The van der Waals surface area contributed by atoms with Gasteiger partial charge in [0.15, 0.2) is 0 Å². The van der Waals surface area contributed by atoms with Gasteiger partial charge in [-0.1, -0.05) is 68.1 Å². The predicted octanol–water partition coefficient (Wildman–Crippen LogP) is -0.506. The number of carboxylic acid groups (broad SMARTS) is 2. The number of Topliss-reactive ketones (excluding diaryl/α,β-unsaturated/α-hetero) is 2. The van der Waals surface area contributed by atoms with Crippen LogP contribution in [-0.4, -0.2) is 46.6 Å². The molecule has 0 saturated carbocycles. The van der Waals surface area contributed by atoms with E-state index in [1.165, 1.54) is 24.3 Å². The second-order valence-electron chi connectivity index (χ2n) is 3.97. The van der Waals surface area contributed by atoms with Gasteiger partial charge in [-0.3, -0.25) is 9.59 Å². The molecule has 0 aliphatic carbocycles. The second kappa shape index (κ2) is 12.0. The van der Waals surface area contributed by atoms with E-state index in [1.807, 2.05) is 0 Å². The van der Waals surface area contributed by atoms with Crippen molar-refractivity contribution in [3.63, 3.8) is 0 Å². The molecule has 0 aromatic heterocycles. The monoisotopic (exact) mass is 338 g/mol. The number of rotatable bonds is 4. The Morgan fingerprint density at radius 2 is 0.833 bits per heavy atom. The molecule has 7 heteroatoms. The molecule has 0 amide bonds. The van der Waals surface area contributed by atoms with Crippen molar-refractivity contribution in [2.75, 3.05) is 0 Å². The van der Waals surface area contributed by atoms with Gasteiger partial charge in [0.2, 0.25) is 11.6 Å². The molecule has 0 fully saturated rings. The maximum absolute atomic E-state index is 10.7. The Morgan fingerprint density at radius 3 is 1.04 bits per heavy atom. The van der Waals surface area contributed by atoms with Crippen LogP contribution in [0.4, 0.5) is 0 Å². The average Bonchev–Trinajstić information content (AvgIpc) is 2.55. The van der Waals surface area contributed by atoms with Crippen molar-refractivity contribution in [2.45, 2.75) is 7.43 Å². The summed E-state index contributed by atoms with van der Waals surface area (Å²) < 4.78 is 0. The van der Waals surface area contributed by atoms with Gasteiger partial charge in [0.05, 0.1) is 0 Å². The smallest absolute Gasteiger partial charge is 0.541 e. The standard InChI is InChI=1S/2C8H6O3.CH4.Mg/c2*9-7(8(10)11)6-4-2-1-3-5-6;;/h2*1-5H,(H,10,11);1H4;/q;;;+2/p-2. The molecule has 6 nitrogen and oxygen atoms in total. The molecular weight excluding hydrogens is 324 g/mol. The molecular formula is C17H14MgO6. The minimum atomic E-state index is -1.67. The number of aliphatic carboxylic acids is 2. The molecule has 0 atom stereocenters. The SMILES string of the molecule is C.O=C([O-])C(=O)c1ccccc1.O=C([O-])C(=O)c1ccccc1.[Mg+2]. The summed E-state index contributed by atoms with van der Waals surface area (Å²) >= 11 is 0. The summed E-state index contributed by atoms with van der Waals surface area (Å²) in [5.41, 5.74) is 0.292.